The third-order valence-corrected chi connectivity index (χ3v) is 5.39. The van der Waals surface area contributed by atoms with E-state index in [4.69, 9.17) is 4.74 Å². The highest BCUT2D eigenvalue weighted by Gasteiger charge is 2.24. The highest BCUT2D eigenvalue weighted by Crippen LogP contribution is 2.23. The third-order valence-electron chi connectivity index (χ3n) is 5.39. The second-order valence-corrected chi connectivity index (χ2v) is 7.56. The molecule has 1 aliphatic heterocycles. The number of hydrogen-bond acceptors (Lipinski definition) is 4. The molecule has 0 saturated carbocycles. The number of fused-ring (bicyclic) bond motifs is 3. The molecule has 0 bridgehead atoms. The lowest BCUT2D eigenvalue weighted by Gasteiger charge is -2.29. The van der Waals surface area contributed by atoms with E-state index in [1.165, 1.54) is 0 Å². The molecule has 2 aromatic carbocycles. The van der Waals surface area contributed by atoms with Crippen molar-refractivity contribution in [1.82, 2.24) is 19.5 Å². The molecule has 3 heterocycles. The zero-order valence-corrected chi connectivity index (χ0v) is 16.8. The van der Waals surface area contributed by atoms with Crippen molar-refractivity contribution in [3.63, 3.8) is 0 Å². The molecule has 5 rings (SSSR count). The van der Waals surface area contributed by atoms with Crippen LogP contribution in [0.4, 0.5) is 0 Å². The quantitative estimate of drug-likeness (QED) is 0.524. The lowest BCUT2D eigenvalue weighted by atomic mass is 10.1. The SMILES string of the molecule is Cc1cc2ncc3c(n2n1)CCN(C(=O)c1cccc(OCc2ccccc2)c1)C3. The van der Waals surface area contributed by atoms with Crippen LogP contribution in [0, 0.1) is 6.92 Å². The van der Waals surface area contributed by atoms with Crippen LogP contribution in [0.1, 0.15) is 32.9 Å². The Hall–Kier alpha value is -3.67. The lowest BCUT2D eigenvalue weighted by molar-refractivity contribution is 0.0732. The van der Waals surface area contributed by atoms with Gasteiger partial charge in [0.1, 0.15) is 12.4 Å². The number of rotatable bonds is 4. The number of hydrogen-bond donors (Lipinski definition) is 0. The summed E-state index contributed by atoms with van der Waals surface area (Å²) in [5.41, 5.74) is 5.71. The van der Waals surface area contributed by atoms with Gasteiger partial charge in [-0.3, -0.25) is 4.79 Å². The molecule has 2 aromatic heterocycles. The fourth-order valence-corrected chi connectivity index (χ4v) is 3.87. The van der Waals surface area contributed by atoms with E-state index in [-0.39, 0.29) is 5.91 Å². The minimum atomic E-state index is 0.00236. The minimum absolute atomic E-state index is 0.00236. The van der Waals surface area contributed by atoms with Crippen LogP contribution in [-0.2, 0) is 19.6 Å². The Morgan fingerprint density at radius 3 is 2.83 bits per heavy atom. The summed E-state index contributed by atoms with van der Waals surface area (Å²) < 4.78 is 7.79. The summed E-state index contributed by atoms with van der Waals surface area (Å²) in [6.07, 6.45) is 2.62. The zero-order valence-electron chi connectivity index (χ0n) is 16.8. The maximum Gasteiger partial charge on any atom is 0.254 e. The molecule has 0 unspecified atom stereocenters. The molecule has 6 heteroatoms. The summed E-state index contributed by atoms with van der Waals surface area (Å²) in [6.45, 7) is 3.62. The van der Waals surface area contributed by atoms with E-state index in [9.17, 15) is 4.79 Å². The van der Waals surface area contributed by atoms with E-state index in [1.54, 1.807) is 0 Å². The number of carbonyl (C=O) groups is 1. The molecular weight excluding hydrogens is 376 g/mol. The van der Waals surface area contributed by atoms with Gasteiger partial charge in [-0.2, -0.15) is 5.10 Å². The molecule has 1 aliphatic rings. The molecule has 0 atom stereocenters. The van der Waals surface area contributed by atoms with Gasteiger partial charge in [-0.1, -0.05) is 36.4 Å². The Bertz CT molecular complexity index is 1220. The molecular formula is C24H22N4O2. The standard InChI is InChI=1S/C24H22N4O2/c1-17-12-23-25-14-20-15-27(11-10-22(20)28(23)26-17)24(29)19-8-5-9-21(13-19)30-16-18-6-3-2-4-7-18/h2-9,12-14H,10-11,15-16H2,1H3. The number of aromatic nitrogens is 3. The first-order valence-corrected chi connectivity index (χ1v) is 10.1. The van der Waals surface area contributed by atoms with Crippen LogP contribution in [-0.4, -0.2) is 31.9 Å². The highest BCUT2D eigenvalue weighted by atomic mass is 16.5. The van der Waals surface area contributed by atoms with E-state index in [0.717, 1.165) is 34.6 Å². The smallest absolute Gasteiger partial charge is 0.254 e. The summed E-state index contributed by atoms with van der Waals surface area (Å²) in [5, 5.41) is 4.55. The summed E-state index contributed by atoms with van der Waals surface area (Å²) in [6, 6.07) is 19.4. The van der Waals surface area contributed by atoms with Crippen molar-refractivity contribution in [2.45, 2.75) is 26.5 Å². The fourth-order valence-electron chi connectivity index (χ4n) is 3.87. The van der Waals surface area contributed by atoms with E-state index in [1.807, 2.05) is 83.2 Å². The van der Waals surface area contributed by atoms with E-state index in [2.05, 4.69) is 10.1 Å². The van der Waals surface area contributed by atoms with Crippen molar-refractivity contribution >= 4 is 11.6 Å². The van der Waals surface area contributed by atoms with Crippen LogP contribution in [0.15, 0.2) is 66.9 Å². The molecule has 4 aromatic rings. The van der Waals surface area contributed by atoms with Gasteiger partial charge >= 0.3 is 0 Å². The predicted molar refractivity (Wildman–Crippen MR) is 113 cm³/mol. The number of aryl methyl sites for hydroxylation is 1. The van der Waals surface area contributed by atoms with Crippen LogP contribution in [0.5, 0.6) is 5.75 Å². The number of amides is 1. The summed E-state index contributed by atoms with van der Waals surface area (Å²) in [4.78, 5) is 19.5. The van der Waals surface area contributed by atoms with E-state index in [0.29, 0.717) is 31.0 Å². The van der Waals surface area contributed by atoms with Crippen molar-refractivity contribution in [2.24, 2.45) is 0 Å². The van der Waals surface area contributed by atoms with Gasteiger partial charge in [0, 0.05) is 42.9 Å². The van der Waals surface area contributed by atoms with Gasteiger partial charge in [0.05, 0.1) is 11.4 Å². The number of ether oxygens (including phenoxy) is 1. The molecule has 0 N–H and O–H groups in total. The number of carbonyl (C=O) groups excluding carboxylic acids is 1. The lowest BCUT2D eigenvalue weighted by Crippen LogP contribution is -2.37. The first-order valence-electron chi connectivity index (χ1n) is 10.1. The Kier molecular flexibility index (Phi) is 4.67. The molecule has 6 nitrogen and oxygen atoms in total. The zero-order chi connectivity index (χ0) is 20.5. The molecule has 1 amide bonds. The number of nitrogens with zero attached hydrogens (tertiary/aromatic N) is 4. The third kappa shape index (κ3) is 3.52. The van der Waals surface area contributed by atoms with Crippen LogP contribution in [0.25, 0.3) is 5.65 Å². The monoisotopic (exact) mass is 398 g/mol. The summed E-state index contributed by atoms with van der Waals surface area (Å²) >= 11 is 0. The first-order chi connectivity index (χ1) is 14.7. The predicted octanol–water partition coefficient (Wildman–Crippen LogP) is 3.82. The molecule has 0 saturated heterocycles. The summed E-state index contributed by atoms with van der Waals surface area (Å²) in [5.74, 6) is 0.694. The fraction of sp³-hybridized carbons (Fsp3) is 0.208. The van der Waals surface area contributed by atoms with Gasteiger partial charge in [-0.05, 0) is 30.7 Å². The topological polar surface area (TPSA) is 59.7 Å². The number of benzene rings is 2. The highest BCUT2D eigenvalue weighted by molar-refractivity contribution is 5.94. The van der Waals surface area contributed by atoms with Crippen LogP contribution in [0.3, 0.4) is 0 Å². The van der Waals surface area contributed by atoms with Gasteiger partial charge in [-0.15, -0.1) is 0 Å². The Balaban J connectivity index is 1.32. The molecule has 0 radical (unpaired) electrons. The molecule has 0 fully saturated rings. The molecule has 0 spiro atoms. The second kappa shape index (κ2) is 7.63. The van der Waals surface area contributed by atoms with Crippen LogP contribution < -0.4 is 4.74 Å². The van der Waals surface area contributed by atoms with Gasteiger partial charge in [-0.25, -0.2) is 9.50 Å². The largest absolute Gasteiger partial charge is 0.489 e. The van der Waals surface area contributed by atoms with Gasteiger partial charge < -0.3 is 9.64 Å². The van der Waals surface area contributed by atoms with Crippen molar-refractivity contribution < 1.29 is 9.53 Å². The van der Waals surface area contributed by atoms with Crippen molar-refractivity contribution in [2.75, 3.05) is 6.54 Å². The molecule has 30 heavy (non-hydrogen) atoms. The molecule has 0 aliphatic carbocycles. The maximum atomic E-state index is 13.1. The molecule has 150 valence electrons. The first kappa shape index (κ1) is 18.4. The van der Waals surface area contributed by atoms with E-state index >= 15 is 0 Å². The van der Waals surface area contributed by atoms with Crippen molar-refractivity contribution in [3.8, 4) is 5.75 Å². The second-order valence-electron chi connectivity index (χ2n) is 7.56. The maximum absolute atomic E-state index is 13.1. The van der Waals surface area contributed by atoms with Gasteiger partial charge in [0.2, 0.25) is 0 Å². The Morgan fingerprint density at radius 1 is 1.10 bits per heavy atom. The van der Waals surface area contributed by atoms with Gasteiger partial charge in [0.25, 0.3) is 5.91 Å². The van der Waals surface area contributed by atoms with Crippen LogP contribution in [0.2, 0.25) is 0 Å². The van der Waals surface area contributed by atoms with Crippen molar-refractivity contribution in [1.29, 1.82) is 0 Å². The van der Waals surface area contributed by atoms with Crippen LogP contribution >= 0.6 is 0 Å². The Morgan fingerprint density at radius 2 is 1.97 bits per heavy atom. The Labute approximate surface area is 174 Å². The van der Waals surface area contributed by atoms with Gasteiger partial charge in [0.15, 0.2) is 5.65 Å². The average Bonchev–Trinajstić information content (AvgIpc) is 3.18. The minimum Gasteiger partial charge on any atom is -0.489 e. The normalized spacial score (nSPS) is 13.3. The van der Waals surface area contributed by atoms with Crippen molar-refractivity contribution in [3.05, 3.63) is 94.9 Å². The van der Waals surface area contributed by atoms with E-state index < -0.39 is 0 Å². The average molecular weight is 398 g/mol. The summed E-state index contributed by atoms with van der Waals surface area (Å²) in [7, 11) is 0.